The molecule has 3 rings (SSSR count). The summed E-state index contributed by atoms with van der Waals surface area (Å²) in [6.07, 6.45) is 8.24. The van der Waals surface area contributed by atoms with Gasteiger partial charge in [0, 0.05) is 31.6 Å². The molecule has 0 radical (unpaired) electrons. The molecule has 1 amide bonds. The Morgan fingerprint density at radius 2 is 2.00 bits per heavy atom. The lowest BCUT2D eigenvalue weighted by Crippen LogP contribution is -2.23. The van der Waals surface area contributed by atoms with Crippen LogP contribution in [0.2, 0.25) is 0 Å². The van der Waals surface area contributed by atoms with Gasteiger partial charge in [0.05, 0.1) is 4.90 Å². The molecule has 1 aromatic rings. The van der Waals surface area contributed by atoms with Crippen molar-refractivity contribution in [2.24, 2.45) is 10.3 Å². The Hall–Kier alpha value is -2.15. The number of allylic oxidation sites excluding steroid dienone is 2. The van der Waals surface area contributed by atoms with E-state index in [-0.39, 0.29) is 16.7 Å². The predicted molar refractivity (Wildman–Crippen MR) is 98.0 cm³/mol. The highest BCUT2D eigenvalue weighted by Crippen LogP contribution is 2.22. The Bertz CT molecular complexity index is 797. The molecule has 1 heterocycles. The maximum absolute atomic E-state index is 12.4. The molecule has 6 nitrogen and oxygen atoms in total. The molecule has 1 unspecified atom stereocenters. The molecule has 2 aliphatic rings. The topological polar surface area (TPSA) is 78.8 Å². The molecule has 1 aliphatic carbocycles. The number of benzene rings is 1. The van der Waals surface area contributed by atoms with Crippen LogP contribution in [0.3, 0.4) is 0 Å². The van der Waals surface area contributed by atoms with E-state index < -0.39 is 10.0 Å². The van der Waals surface area contributed by atoms with Gasteiger partial charge in [-0.3, -0.25) is 4.79 Å². The van der Waals surface area contributed by atoms with Crippen LogP contribution in [-0.4, -0.2) is 38.7 Å². The highest BCUT2D eigenvalue weighted by Gasteiger charge is 2.21. The van der Waals surface area contributed by atoms with E-state index in [1.165, 1.54) is 12.1 Å². The predicted octanol–water partition coefficient (Wildman–Crippen LogP) is 2.79. The fourth-order valence-electron chi connectivity index (χ4n) is 3.09. The summed E-state index contributed by atoms with van der Waals surface area (Å²) in [5.41, 5.74) is 0.601. The van der Waals surface area contributed by atoms with Gasteiger partial charge >= 0.3 is 0 Å². The average molecular weight is 361 g/mol. The maximum Gasteiger partial charge on any atom is 0.283 e. The standard InChI is InChI=1S/C18H23N3O3S/c1-21-13-5-8-17(21)20-25(23,24)16-11-9-15(10-12-16)19-18(22)14-6-3-2-4-7-14/h2-3,9-12,14H,4-8,13H2,1H3,(H,19,22)/b20-17+. The summed E-state index contributed by atoms with van der Waals surface area (Å²) in [6, 6.07) is 6.21. The third kappa shape index (κ3) is 4.28. The van der Waals surface area contributed by atoms with Gasteiger partial charge in [-0.15, -0.1) is 4.40 Å². The van der Waals surface area contributed by atoms with Crippen molar-refractivity contribution < 1.29 is 13.2 Å². The van der Waals surface area contributed by atoms with Crippen molar-refractivity contribution in [2.45, 2.75) is 37.0 Å². The molecule has 1 aromatic carbocycles. The summed E-state index contributed by atoms with van der Waals surface area (Å²) < 4.78 is 28.8. The number of rotatable bonds is 4. The first-order valence-corrected chi connectivity index (χ1v) is 10.0. The monoisotopic (exact) mass is 361 g/mol. The van der Waals surface area contributed by atoms with E-state index in [0.29, 0.717) is 17.9 Å². The van der Waals surface area contributed by atoms with Crippen LogP contribution in [0.25, 0.3) is 0 Å². The van der Waals surface area contributed by atoms with Crippen molar-refractivity contribution in [3.05, 3.63) is 36.4 Å². The number of likely N-dealkylation sites (tertiary alicyclic amines) is 1. The van der Waals surface area contributed by atoms with Crippen molar-refractivity contribution in [3.8, 4) is 0 Å². The zero-order chi connectivity index (χ0) is 17.9. The molecule has 1 atom stereocenters. The van der Waals surface area contributed by atoms with Crippen LogP contribution in [-0.2, 0) is 14.8 Å². The molecule has 1 N–H and O–H groups in total. The van der Waals surface area contributed by atoms with E-state index in [0.717, 1.165) is 32.2 Å². The Morgan fingerprint density at radius 1 is 1.24 bits per heavy atom. The summed E-state index contributed by atoms with van der Waals surface area (Å²) in [5.74, 6) is 0.563. The third-order valence-electron chi connectivity index (χ3n) is 4.62. The van der Waals surface area contributed by atoms with Crippen LogP contribution in [0.1, 0.15) is 32.1 Å². The van der Waals surface area contributed by atoms with Crippen LogP contribution < -0.4 is 5.32 Å². The number of hydrogen-bond donors (Lipinski definition) is 1. The smallest absolute Gasteiger partial charge is 0.283 e. The van der Waals surface area contributed by atoms with E-state index in [2.05, 4.69) is 15.8 Å². The summed E-state index contributed by atoms with van der Waals surface area (Å²) in [6.45, 7) is 0.829. The molecule has 25 heavy (non-hydrogen) atoms. The SMILES string of the molecule is CN1CCC/C1=N\S(=O)(=O)c1ccc(NC(=O)C2CC=CCC2)cc1. The first-order valence-electron chi connectivity index (χ1n) is 8.56. The summed E-state index contributed by atoms with van der Waals surface area (Å²) in [7, 11) is -1.87. The number of amidine groups is 1. The minimum Gasteiger partial charge on any atom is -0.362 e. The van der Waals surface area contributed by atoms with E-state index in [9.17, 15) is 13.2 Å². The van der Waals surface area contributed by atoms with Crippen LogP contribution in [0, 0.1) is 5.92 Å². The largest absolute Gasteiger partial charge is 0.362 e. The Labute approximate surface area is 148 Å². The van der Waals surface area contributed by atoms with Gasteiger partial charge in [0.25, 0.3) is 10.0 Å². The van der Waals surface area contributed by atoms with Crippen LogP contribution in [0.4, 0.5) is 5.69 Å². The summed E-state index contributed by atoms with van der Waals surface area (Å²) in [4.78, 5) is 14.2. The number of amides is 1. The zero-order valence-corrected chi connectivity index (χ0v) is 15.1. The molecule has 0 bridgehead atoms. The minimum absolute atomic E-state index is 0.0160. The molecule has 1 aliphatic heterocycles. The number of nitrogens with one attached hydrogen (secondary N) is 1. The summed E-state index contributed by atoms with van der Waals surface area (Å²) in [5, 5.41) is 2.86. The Kier molecular flexibility index (Phi) is 5.22. The number of carbonyl (C=O) groups excluding carboxylic acids is 1. The van der Waals surface area contributed by atoms with Crippen molar-refractivity contribution in [2.75, 3.05) is 18.9 Å². The fourth-order valence-corrected chi connectivity index (χ4v) is 4.18. The number of anilines is 1. The van der Waals surface area contributed by atoms with Gasteiger partial charge < -0.3 is 10.2 Å². The minimum atomic E-state index is -3.72. The second-order valence-electron chi connectivity index (χ2n) is 6.50. The second kappa shape index (κ2) is 7.39. The number of carbonyl (C=O) groups is 1. The number of hydrogen-bond acceptors (Lipinski definition) is 3. The molecule has 0 aromatic heterocycles. The Balaban J connectivity index is 1.69. The fraction of sp³-hybridized carbons (Fsp3) is 0.444. The molecule has 1 fully saturated rings. The molecular formula is C18H23N3O3S. The van der Waals surface area contributed by atoms with E-state index in [1.807, 2.05) is 18.0 Å². The highest BCUT2D eigenvalue weighted by molar-refractivity contribution is 7.90. The van der Waals surface area contributed by atoms with Crippen molar-refractivity contribution >= 4 is 27.5 Å². The number of nitrogens with zero attached hydrogens (tertiary/aromatic N) is 2. The van der Waals surface area contributed by atoms with Crippen molar-refractivity contribution in [3.63, 3.8) is 0 Å². The van der Waals surface area contributed by atoms with E-state index >= 15 is 0 Å². The normalized spacial score (nSPS) is 22.4. The molecular weight excluding hydrogens is 338 g/mol. The molecule has 0 saturated carbocycles. The average Bonchev–Trinajstić information content (AvgIpc) is 3.00. The van der Waals surface area contributed by atoms with Gasteiger partial charge in [-0.1, -0.05) is 12.2 Å². The maximum atomic E-state index is 12.4. The van der Waals surface area contributed by atoms with Crippen LogP contribution in [0.15, 0.2) is 45.7 Å². The quantitative estimate of drug-likeness (QED) is 0.837. The van der Waals surface area contributed by atoms with Crippen molar-refractivity contribution in [1.29, 1.82) is 0 Å². The van der Waals surface area contributed by atoms with Gasteiger partial charge in [-0.05, 0) is 49.9 Å². The van der Waals surface area contributed by atoms with Gasteiger partial charge in [-0.2, -0.15) is 8.42 Å². The molecule has 134 valence electrons. The lowest BCUT2D eigenvalue weighted by molar-refractivity contribution is -0.120. The van der Waals surface area contributed by atoms with Gasteiger partial charge in [-0.25, -0.2) is 0 Å². The van der Waals surface area contributed by atoms with Gasteiger partial charge in [0.1, 0.15) is 5.84 Å². The van der Waals surface area contributed by atoms with E-state index in [4.69, 9.17) is 0 Å². The van der Waals surface area contributed by atoms with Crippen LogP contribution >= 0.6 is 0 Å². The van der Waals surface area contributed by atoms with E-state index in [1.54, 1.807) is 12.1 Å². The second-order valence-corrected chi connectivity index (χ2v) is 8.11. The third-order valence-corrected chi connectivity index (χ3v) is 5.94. The van der Waals surface area contributed by atoms with Gasteiger partial charge in [0.15, 0.2) is 0 Å². The first kappa shape index (κ1) is 17.7. The lowest BCUT2D eigenvalue weighted by Gasteiger charge is -2.17. The van der Waals surface area contributed by atoms with Gasteiger partial charge in [0.2, 0.25) is 5.91 Å². The zero-order valence-electron chi connectivity index (χ0n) is 14.3. The Morgan fingerprint density at radius 3 is 2.60 bits per heavy atom. The van der Waals surface area contributed by atoms with Crippen molar-refractivity contribution in [1.82, 2.24) is 4.90 Å². The molecule has 0 spiro atoms. The number of sulfonamides is 1. The highest BCUT2D eigenvalue weighted by atomic mass is 32.2. The van der Waals surface area contributed by atoms with Crippen LogP contribution in [0.5, 0.6) is 0 Å². The summed E-state index contributed by atoms with van der Waals surface area (Å²) >= 11 is 0. The lowest BCUT2D eigenvalue weighted by atomic mass is 9.93. The molecule has 7 heteroatoms. The first-order chi connectivity index (χ1) is 12.0. The molecule has 1 saturated heterocycles.